The van der Waals surface area contributed by atoms with E-state index in [9.17, 15) is 0 Å². The van der Waals surface area contributed by atoms with E-state index in [4.69, 9.17) is 0 Å². The number of benzene rings is 10. The van der Waals surface area contributed by atoms with Crippen LogP contribution in [-0.2, 0) is 22.9 Å². The van der Waals surface area contributed by atoms with E-state index in [2.05, 4.69) is 232 Å². The summed E-state index contributed by atoms with van der Waals surface area (Å²) in [5, 5.41) is 10.1. The van der Waals surface area contributed by atoms with Crippen LogP contribution in [0.25, 0.3) is 54.2 Å². The van der Waals surface area contributed by atoms with Gasteiger partial charge in [-0.15, -0.1) is 0 Å². The third-order valence-electron chi connectivity index (χ3n) is 15.7. The lowest BCUT2D eigenvalue weighted by Crippen LogP contribution is -2.51. The van der Waals surface area contributed by atoms with Crippen molar-refractivity contribution in [1.29, 1.82) is 0 Å². The Morgan fingerprint density at radius 1 is 0.359 bits per heavy atom. The van der Waals surface area contributed by atoms with Gasteiger partial charge in [0.2, 0.25) is 0 Å². The van der Waals surface area contributed by atoms with Crippen molar-refractivity contribution in [2.75, 3.05) is 9.80 Å². The van der Waals surface area contributed by atoms with Gasteiger partial charge in [-0.2, -0.15) is 0 Å². The molecule has 0 bridgehead atoms. The SMILES string of the molecule is CCC1(N(c2ccc3ccccc3c2)c2ccc3ccccc3c2)Cc2cc3c(cc21)C(C)(C)c1cc2c(cc1-3)C2(CC)N(c1ccc2ccccc2c1)c1ccc2ccccc2c1. The van der Waals surface area contributed by atoms with Crippen molar-refractivity contribution >= 4 is 65.8 Å². The fourth-order valence-corrected chi connectivity index (χ4v) is 12.3. The second-order valence-corrected chi connectivity index (χ2v) is 19.2. The lowest BCUT2D eigenvalue weighted by molar-refractivity contribution is 0.362. The Morgan fingerprint density at radius 3 is 1.16 bits per heavy atom. The summed E-state index contributed by atoms with van der Waals surface area (Å²) in [5.41, 5.74) is 15.9. The van der Waals surface area contributed by atoms with Crippen molar-refractivity contribution in [1.82, 2.24) is 0 Å². The van der Waals surface area contributed by atoms with E-state index in [0.29, 0.717) is 0 Å². The molecular formula is C62H50N2. The molecule has 0 saturated carbocycles. The lowest BCUT2D eigenvalue weighted by Gasteiger charge is -2.53. The molecule has 2 nitrogen and oxygen atoms in total. The van der Waals surface area contributed by atoms with Crippen LogP contribution in [0.15, 0.2) is 194 Å². The Balaban J connectivity index is 0.947. The maximum absolute atomic E-state index is 2.68. The van der Waals surface area contributed by atoms with Crippen LogP contribution >= 0.6 is 0 Å². The Hall–Kier alpha value is -7.16. The van der Waals surface area contributed by atoms with E-state index in [-0.39, 0.29) is 16.5 Å². The molecule has 2 atom stereocenters. The van der Waals surface area contributed by atoms with Gasteiger partial charge in [-0.1, -0.05) is 167 Å². The molecule has 3 aliphatic rings. The van der Waals surface area contributed by atoms with E-state index >= 15 is 0 Å². The average Bonchev–Trinajstić information content (AvgIpc) is 3.91. The second-order valence-electron chi connectivity index (χ2n) is 19.2. The average molecular weight is 823 g/mol. The summed E-state index contributed by atoms with van der Waals surface area (Å²) in [7, 11) is 0. The highest BCUT2D eigenvalue weighted by molar-refractivity contribution is 5.95. The Bertz CT molecular complexity index is 3420. The molecule has 3 aliphatic carbocycles. The van der Waals surface area contributed by atoms with Crippen molar-refractivity contribution in [2.24, 2.45) is 0 Å². The number of hydrogen-bond donors (Lipinski definition) is 0. The quantitative estimate of drug-likeness (QED) is 0.151. The molecule has 10 aromatic rings. The van der Waals surface area contributed by atoms with Crippen molar-refractivity contribution in [3.63, 3.8) is 0 Å². The molecule has 2 unspecified atom stereocenters. The number of rotatable bonds is 8. The summed E-state index contributed by atoms with van der Waals surface area (Å²) < 4.78 is 0. The first-order valence-electron chi connectivity index (χ1n) is 23.2. The monoisotopic (exact) mass is 822 g/mol. The van der Waals surface area contributed by atoms with Gasteiger partial charge < -0.3 is 9.80 Å². The van der Waals surface area contributed by atoms with E-state index in [1.165, 1.54) is 110 Å². The van der Waals surface area contributed by atoms with Crippen molar-refractivity contribution < 1.29 is 0 Å². The minimum Gasteiger partial charge on any atom is -0.331 e. The number of anilines is 4. The second kappa shape index (κ2) is 13.4. The molecule has 0 aromatic heterocycles. The van der Waals surface area contributed by atoms with Crippen molar-refractivity contribution in [3.05, 3.63) is 228 Å². The minimum atomic E-state index is -0.247. The molecule has 0 amide bonds. The summed E-state index contributed by atoms with van der Waals surface area (Å²) in [6, 6.07) is 73.6. The van der Waals surface area contributed by atoms with Gasteiger partial charge in [-0.05, 0) is 155 Å². The van der Waals surface area contributed by atoms with E-state index in [1.54, 1.807) is 0 Å². The summed E-state index contributed by atoms with van der Waals surface area (Å²) in [4.78, 5) is 5.33. The predicted octanol–water partition coefficient (Wildman–Crippen LogP) is 16.4. The molecule has 64 heavy (non-hydrogen) atoms. The van der Waals surface area contributed by atoms with Gasteiger partial charge in [0.25, 0.3) is 0 Å². The standard InChI is InChI=1S/C62H50N2/c1-5-61(63(49-27-23-40-15-7-11-19-44(40)31-49)50-28-24-41-16-8-12-20-45(41)32-50)39-48-35-53-54-36-58-59(38-57(54)60(3,4)56(53)37-55(48)61)62(58,6-2)64(51-29-25-42-17-9-13-21-46(42)33-51)52-30-26-43-18-10-14-22-47(43)34-52/h7-38H,5-6,39H2,1-4H3. The van der Waals surface area contributed by atoms with Gasteiger partial charge >= 0.3 is 0 Å². The first kappa shape index (κ1) is 37.4. The van der Waals surface area contributed by atoms with E-state index in [1.807, 2.05) is 0 Å². The summed E-state index contributed by atoms with van der Waals surface area (Å²) in [5.74, 6) is 0. The fraction of sp³-hybridized carbons (Fsp3) is 0.161. The number of fused-ring (bicyclic) bond motifs is 9. The van der Waals surface area contributed by atoms with E-state index < -0.39 is 0 Å². The first-order valence-corrected chi connectivity index (χ1v) is 23.2. The molecule has 10 aromatic carbocycles. The van der Waals surface area contributed by atoms with Gasteiger partial charge in [0.1, 0.15) is 0 Å². The van der Waals surface area contributed by atoms with Crippen LogP contribution < -0.4 is 9.80 Å². The summed E-state index contributed by atoms with van der Waals surface area (Å²) >= 11 is 0. The number of hydrogen-bond acceptors (Lipinski definition) is 2. The molecule has 0 N–H and O–H groups in total. The zero-order valence-electron chi connectivity index (χ0n) is 37.0. The highest BCUT2D eigenvalue weighted by Crippen LogP contribution is 2.64. The van der Waals surface area contributed by atoms with Gasteiger partial charge in [0.15, 0.2) is 0 Å². The predicted molar refractivity (Wildman–Crippen MR) is 271 cm³/mol. The minimum absolute atomic E-state index is 0.167. The van der Waals surface area contributed by atoms with Crippen LogP contribution in [0.4, 0.5) is 22.7 Å². The molecule has 0 aliphatic heterocycles. The zero-order valence-corrected chi connectivity index (χ0v) is 37.0. The molecule has 0 heterocycles. The van der Waals surface area contributed by atoms with Gasteiger partial charge in [0.05, 0.1) is 11.1 Å². The Morgan fingerprint density at radius 2 is 0.734 bits per heavy atom. The Labute approximate surface area is 376 Å². The van der Waals surface area contributed by atoms with Crippen LogP contribution in [0.2, 0.25) is 0 Å². The maximum Gasteiger partial charge on any atom is 0.0960 e. The fourth-order valence-electron chi connectivity index (χ4n) is 12.3. The van der Waals surface area contributed by atoms with Crippen molar-refractivity contribution in [2.45, 2.75) is 63.5 Å². The maximum atomic E-state index is 2.68. The molecule has 0 radical (unpaired) electrons. The topological polar surface area (TPSA) is 6.48 Å². The molecule has 0 spiro atoms. The Kier molecular flexibility index (Phi) is 7.85. The van der Waals surface area contributed by atoms with Crippen LogP contribution in [0.5, 0.6) is 0 Å². The third-order valence-corrected chi connectivity index (χ3v) is 15.7. The summed E-state index contributed by atoms with van der Waals surface area (Å²) in [6.45, 7) is 9.70. The highest BCUT2D eigenvalue weighted by Gasteiger charge is 2.57. The lowest BCUT2D eigenvalue weighted by atomic mass is 9.65. The van der Waals surface area contributed by atoms with Crippen LogP contribution in [-0.4, -0.2) is 0 Å². The highest BCUT2D eigenvalue weighted by atomic mass is 15.2. The van der Waals surface area contributed by atoms with Gasteiger partial charge in [0, 0.05) is 34.6 Å². The molecular weight excluding hydrogens is 773 g/mol. The molecule has 308 valence electrons. The smallest absolute Gasteiger partial charge is 0.0960 e. The largest absolute Gasteiger partial charge is 0.331 e. The first-order chi connectivity index (χ1) is 31.3. The molecule has 13 rings (SSSR count). The zero-order chi connectivity index (χ0) is 43.0. The van der Waals surface area contributed by atoms with E-state index in [0.717, 1.165) is 19.3 Å². The van der Waals surface area contributed by atoms with Gasteiger partial charge in [-0.3, -0.25) is 0 Å². The summed E-state index contributed by atoms with van der Waals surface area (Å²) in [6.07, 6.45) is 2.96. The van der Waals surface area contributed by atoms with Crippen LogP contribution in [0.3, 0.4) is 0 Å². The normalized spacial score (nSPS) is 18.6. The molecule has 0 fully saturated rings. The molecule has 0 saturated heterocycles. The van der Waals surface area contributed by atoms with Gasteiger partial charge in [-0.25, -0.2) is 0 Å². The van der Waals surface area contributed by atoms with Crippen LogP contribution in [0.1, 0.15) is 73.9 Å². The van der Waals surface area contributed by atoms with Crippen LogP contribution in [0, 0.1) is 0 Å². The van der Waals surface area contributed by atoms with Crippen molar-refractivity contribution in [3.8, 4) is 11.1 Å². The number of nitrogens with zero attached hydrogens (tertiary/aromatic N) is 2. The third kappa shape index (κ3) is 5.14. The molecule has 2 heteroatoms.